The highest BCUT2D eigenvalue weighted by Crippen LogP contribution is 2.47. The maximum Gasteiger partial charge on any atom is 0.436 e. The summed E-state index contributed by atoms with van der Waals surface area (Å²) in [6, 6.07) is 0. The van der Waals surface area contributed by atoms with Gasteiger partial charge in [-0.25, -0.2) is 15.3 Å². The summed E-state index contributed by atoms with van der Waals surface area (Å²) in [5, 5.41) is 7.08. The van der Waals surface area contributed by atoms with Crippen molar-refractivity contribution in [2.45, 2.75) is 37.1 Å². The molecular formula is C15HBBr3F18N6-. The van der Waals surface area contributed by atoms with E-state index in [4.69, 9.17) is 0 Å². The molecule has 0 bridgehead atoms. The van der Waals surface area contributed by atoms with Crippen LogP contribution in [0.25, 0.3) is 0 Å². The number of alkyl halides is 18. The first-order chi connectivity index (χ1) is 18.9. The largest absolute Gasteiger partial charge is 0.436 e. The lowest BCUT2D eigenvalue weighted by Gasteiger charge is -2.33. The van der Waals surface area contributed by atoms with Crippen molar-refractivity contribution in [3.63, 3.8) is 0 Å². The van der Waals surface area contributed by atoms with Crippen LogP contribution in [0.1, 0.15) is 34.2 Å². The highest BCUT2D eigenvalue weighted by Gasteiger charge is 2.52. The van der Waals surface area contributed by atoms with Gasteiger partial charge in [-0.2, -0.15) is 79.0 Å². The fourth-order valence-electron chi connectivity index (χ4n) is 3.67. The Morgan fingerprint density at radius 2 is 0.558 bits per heavy atom. The third-order valence-electron chi connectivity index (χ3n) is 5.10. The highest BCUT2D eigenvalue weighted by atomic mass is 79.9. The van der Waals surface area contributed by atoms with E-state index < -0.39 is 106 Å². The van der Waals surface area contributed by atoms with E-state index in [-0.39, 0.29) is 0 Å². The molecule has 3 aromatic heterocycles. The fraction of sp³-hybridized carbons (Fsp3) is 0.400. The molecule has 0 unspecified atom stereocenters. The van der Waals surface area contributed by atoms with Gasteiger partial charge in [-0.1, -0.05) is 0 Å². The molecule has 3 aromatic rings. The SMILES string of the molecule is FC(F)(F)c1nn([BH-](n2nc(C(F)(F)F)c(Br)c2C(F)(F)F)n2nc(C(F)(F)F)c(Br)c2C(F)(F)F)c(C(F)(F)F)c1Br. The van der Waals surface area contributed by atoms with Crippen LogP contribution in [0.15, 0.2) is 13.4 Å². The van der Waals surface area contributed by atoms with Gasteiger partial charge in [0.05, 0.1) is 13.4 Å². The Morgan fingerprint density at radius 1 is 0.372 bits per heavy atom. The van der Waals surface area contributed by atoms with Crippen molar-refractivity contribution in [1.29, 1.82) is 0 Å². The van der Waals surface area contributed by atoms with Crippen LogP contribution < -0.4 is 0 Å². The van der Waals surface area contributed by atoms with Crippen LogP contribution in [-0.2, 0) is 37.1 Å². The zero-order valence-electron chi connectivity index (χ0n) is 18.8. The first-order valence-electron chi connectivity index (χ1n) is 9.86. The molecule has 0 saturated heterocycles. The van der Waals surface area contributed by atoms with Crippen molar-refractivity contribution >= 4 is 54.9 Å². The maximum atomic E-state index is 14.0. The standard InChI is InChI=1S/C15HBBr3F18N6/c17-1-4(10(20,21)22)38-41(7(1)13(29,30)31)16(42-8(14(32,33)34)2(18)5(39-42)11(23,24)25)43-9(15(35,36)37)3(19)6(40-43)12(26,27)28/h16H/q-1. The third-order valence-corrected chi connectivity index (χ3v) is 7.35. The van der Waals surface area contributed by atoms with E-state index >= 15 is 0 Å². The number of aromatic nitrogens is 6. The summed E-state index contributed by atoms with van der Waals surface area (Å²) in [6.07, 6.45) is -36.6. The van der Waals surface area contributed by atoms with Crippen LogP contribution in [0, 0.1) is 0 Å². The molecule has 242 valence electrons. The molecule has 0 fully saturated rings. The van der Waals surface area contributed by atoms with Crippen molar-refractivity contribution in [2.75, 3.05) is 0 Å². The first-order valence-corrected chi connectivity index (χ1v) is 12.2. The maximum absolute atomic E-state index is 14.0. The molecule has 0 saturated carbocycles. The van der Waals surface area contributed by atoms with Crippen LogP contribution >= 0.6 is 47.8 Å². The van der Waals surface area contributed by atoms with E-state index in [9.17, 15) is 79.0 Å². The van der Waals surface area contributed by atoms with Gasteiger partial charge in [0.1, 0.15) is 17.1 Å². The van der Waals surface area contributed by atoms with E-state index in [1.807, 2.05) is 47.8 Å². The van der Waals surface area contributed by atoms with Gasteiger partial charge in [0, 0.05) is 0 Å². The smallest absolute Gasteiger partial charge is 0.391 e. The summed E-state index contributed by atoms with van der Waals surface area (Å²) in [7, 11) is -5.45. The Balaban J connectivity index is 2.74. The molecular weight excluding hydrogens is 857 g/mol. The van der Waals surface area contributed by atoms with E-state index in [0.717, 1.165) is 0 Å². The second-order valence-electron chi connectivity index (χ2n) is 7.94. The van der Waals surface area contributed by atoms with E-state index in [1.165, 1.54) is 0 Å². The predicted octanol–water partition coefficient (Wildman–Crippen LogP) is 8.34. The minimum Gasteiger partial charge on any atom is -0.391 e. The average molecular weight is 858 g/mol. The zero-order chi connectivity index (χ0) is 33.6. The van der Waals surface area contributed by atoms with Gasteiger partial charge in [0.15, 0.2) is 17.1 Å². The Hall–Kier alpha value is -2.13. The van der Waals surface area contributed by atoms with Crippen molar-refractivity contribution in [3.05, 3.63) is 47.6 Å². The molecule has 6 nitrogen and oxygen atoms in total. The van der Waals surface area contributed by atoms with Crippen molar-refractivity contribution in [2.24, 2.45) is 0 Å². The van der Waals surface area contributed by atoms with Crippen molar-refractivity contribution in [1.82, 2.24) is 29.1 Å². The molecule has 0 spiro atoms. The van der Waals surface area contributed by atoms with Crippen LogP contribution in [0.5, 0.6) is 0 Å². The molecule has 28 heteroatoms. The van der Waals surface area contributed by atoms with Crippen molar-refractivity contribution < 1.29 is 79.0 Å². The molecule has 0 aliphatic rings. The predicted molar refractivity (Wildman–Crippen MR) is 113 cm³/mol. The van der Waals surface area contributed by atoms with Gasteiger partial charge in [0.25, 0.3) is 0 Å². The van der Waals surface area contributed by atoms with Crippen LogP contribution in [0.4, 0.5) is 79.0 Å². The second-order valence-corrected chi connectivity index (χ2v) is 10.3. The molecule has 0 amide bonds. The summed E-state index contributed by atoms with van der Waals surface area (Å²) in [5.41, 5.74) is -16.7. The lowest BCUT2D eigenvalue weighted by molar-refractivity contribution is -0.145. The normalized spacial score (nSPS) is 14.4. The van der Waals surface area contributed by atoms with Gasteiger partial charge in [-0.3, -0.25) is 0 Å². The number of nitrogens with zero attached hydrogens (tertiary/aromatic N) is 6. The summed E-state index contributed by atoms with van der Waals surface area (Å²) < 4.78 is 237. The Bertz CT molecular complexity index is 1350. The van der Waals surface area contributed by atoms with Crippen LogP contribution in [0.3, 0.4) is 0 Å². The highest BCUT2D eigenvalue weighted by molar-refractivity contribution is 9.11. The van der Waals surface area contributed by atoms with Crippen LogP contribution in [0.2, 0.25) is 0 Å². The van der Waals surface area contributed by atoms with E-state index in [0.29, 0.717) is 0 Å². The minimum absolute atomic E-state index is 1.31. The Morgan fingerprint density at radius 3 is 0.698 bits per heavy atom. The number of hydrogen-bond donors (Lipinski definition) is 0. The zero-order valence-corrected chi connectivity index (χ0v) is 23.6. The molecule has 0 aliphatic carbocycles. The van der Waals surface area contributed by atoms with Crippen LogP contribution in [-0.4, -0.2) is 36.2 Å². The van der Waals surface area contributed by atoms with Gasteiger partial charge in [-0.05, 0) is 47.8 Å². The average Bonchev–Trinajstić information content (AvgIpc) is 3.37. The number of rotatable bonds is 3. The minimum atomic E-state index is -6.22. The number of halogens is 21. The fourth-order valence-corrected chi connectivity index (χ4v) is 5.87. The Labute approximate surface area is 247 Å². The molecule has 0 atom stereocenters. The lowest BCUT2D eigenvalue weighted by Crippen LogP contribution is -2.49. The monoisotopic (exact) mass is 855 g/mol. The topological polar surface area (TPSA) is 53.5 Å². The van der Waals surface area contributed by atoms with Gasteiger partial charge >= 0.3 is 44.2 Å². The molecule has 3 heterocycles. The summed E-state index contributed by atoms with van der Waals surface area (Å²) in [4.78, 5) is 0. The van der Waals surface area contributed by atoms with Gasteiger partial charge < -0.3 is 13.8 Å². The summed E-state index contributed by atoms with van der Waals surface area (Å²) in [5.74, 6) is 0. The molecule has 0 aliphatic heterocycles. The van der Waals surface area contributed by atoms with Gasteiger partial charge in [0.2, 0.25) is 0 Å². The van der Waals surface area contributed by atoms with E-state index in [1.54, 1.807) is 0 Å². The van der Waals surface area contributed by atoms with Crippen molar-refractivity contribution in [3.8, 4) is 0 Å². The molecule has 0 aromatic carbocycles. The summed E-state index contributed by atoms with van der Waals surface area (Å²) >= 11 is 5.44. The summed E-state index contributed by atoms with van der Waals surface area (Å²) in [6.45, 7) is 0. The molecule has 3 rings (SSSR count). The number of hydrogen-bond acceptors (Lipinski definition) is 3. The lowest BCUT2D eigenvalue weighted by atomic mass is 9.92. The quantitative estimate of drug-likeness (QED) is 0.197. The molecule has 43 heavy (non-hydrogen) atoms. The van der Waals surface area contributed by atoms with Gasteiger partial charge in [-0.15, -0.1) is 0 Å². The molecule has 0 N–H and O–H groups in total. The first kappa shape index (κ1) is 35.4. The van der Waals surface area contributed by atoms with E-state index in [2.05, 4.69) is 15.3 Å². The molecule has 0 radical (unpaired) electrons. The second kappa shape index (κ2) is 10.5. The Kier molecular flexibility index (Phi) is 8.61. The third kappa shape index (κ3) is 6.49.